The molecule has 21 heavy (non-hydrogen) atoms. The minimum Gasteiger partial charge on any atom is -0.348 e. The van der Waals surface area contributed by atoms with Crippen molar-refractivity contribution in [3.63, 3.8) is 0 Å². The maximum Gasteiger partial charge on any atom is 0.244 e. The van der Waals surface area contributed by atoms with Gasteiger partial charge in [-0.25, -0.2) is 4.39 Å². The number of benzene rings is 1. The van der Waals surface area contributed by atoms with Crippen LogP contribution in [0.1, 0.15) is 17.0 Å². The van der Waals surface area contributed by atoms with Crippen molar-refractivity contribution in [1.29, 1.82) is 0 Å². The topological polar surface area (TPSA) is 58.1 Å². The van der Waals surface area contributed by atoms with Crippen LogP contribution in [0.4, 0.5) is 9.52 Å². The monoisotopic (exact) mass is 306 g/mol. The van der Waals surface area contributed by atoms with Crippen LogP contribution in [0.2, 0.25) is 0 Å². The highest BCUT2D eigenvalue weighted by molar-refractivity contribution is 7.15. The fraction of sp³-hybridized carbons (Fsp3) is 0.357. The summed E-state index contributed by atoms with van der Waals surface area (Å²) in [6.07, 6.45) is 1.39. The van der Waals surface area contributed by atoms with Gasteiger partial charge in [-0.05, 0) is 24.1 Å². The van der Waals surface area contributed by atoms with Gasteiger partial charge in [-0.2, -0.15) is 0 Å². The number of aromatic nitrogens is 2. The van der Waals surface area contributed by atoms with E-state index in [9.17, 15) is 9.18 Å². The number of likely N-dealkylation sites (N-methyl/N-ethyl adjacent to an activating group) is 1. The van der Waals surface area contributed by atoms with E-state index < -0.39 is 0 Å². The minimum absolute atomic E-state index is 0.0882. The van der Waals surface area contributed by atoms with Crippen molar-refractivity contribution in [2.75, 3.05) is 18.9 Å². The standard InChI is InChI=1S/C14H15FN4OS/c1-19-7-6-11(13(19)20)16-14-18-17-12(21-14)8-9-2-4-10(15)5-3-9/h2-5,11H,6-8H2,1H3,(H,16,18). The normalized spacial score (nSPS) is 18.3. The quantitative estimate of drug-likeness (QED) is 0.937. The number of carbonyl (C=O) groups excluding carboxylic acids is 1. The van der Waals surface area contributed by atoms with Gasteiger partial charge in [0.25, 0.3) is 0 Å². The molecule has 1 unspecified atom stereocenters. The minimum atomic E-state index is -0.248. The Kier molecular flexibility index (Phi) is 3.83. The summed E-state index contributed by atoms with van der Waals surface area (Å²) in [7, 11) is 1.80. The van der Waals surface area contributed by atoms with Gasteiger partial charge in [0, 0.05) is 20.0 Å². The molecule has 1 aromatic heterocycles. The molecule has 1 aliphatic heterocycles. The van der Waals surface area contributed by atoms with Gasteiger partial charge in [-0.1, -0.05) is 23.5 Å². The number of amides is 1. The van der Waals surface area contributed by atoms with Crippen molar-refractivity contribution < 1.29 is 9.18 Å². The number of nitrogens with zero attached hydrogens (tertiary/aromatic N) is 3. The van der Waals surface area contributed by atoms with Crippen LogP contribution in [0.3, 0.4) is 0 Å². The Hall–Kier alpha value is -2.02. The highest BCUT2D eigenvalue weighted by Crippen LogP contribution is 2.22. The Labute approximate surface area is 125 Å². The molecule has 3 rings (SSSR count). The molecule has 0 radical (unpaired) electrons. The number of likely N-dealkylation sites (tertiary alicyclic amines) is 1. The van der Waals surface area contributed by atoms with E-state index >= 15 is 0 Å². The van der Waals surface area contributed by atoms with Crippen LogP contribution in [-0.2, 0) is 11.2 Å². The van der Waals surface area contributed by atoms with Gasteiger partial charge in [0.05, 0.1) is 0 Å². The van der Waals surface area contributed by atoms with E-state index in [1.54, 1.807) is 24.1 Å². The van der Waals surface area contributed by atoms with Crippen molar-refractivity contribution in [1.82, 2.24) is 15.1 Å². The maximum atomic E-state index is 12.9. The Morgan fingerprint density at radius 1 is 1.38 bits per heavy atom. The third-order valence-corrected chi connectivity index (χ3v) is 4.32. The lowest BCUT2D eigenvalue weighted by molar-refractivity contribution is -0.127. The van der Waals surface area contributed by atoms with Gasteiger partial charge >= 0.3 is 0 Å². The third-order valence-electron chi connectivity index (χ3n) is 3.46. The maximum absolute atomic E-state index is 12.9. The molecule has 1 saturated heterocycles. The van der Waals surface area contributed by atoms with E-state index in [4.69, 9.17) is 0 Å². The van der Waals surface area contributed by atoms with E-state index in [0.717, 1.165) is 23.5 Å². The lowest BCUT2D eigenvalue weighted by Crippen LogP contribution is -2.30. The molecular formula is C14H15FN4OS. The lowest BCUT2D eigenvalue weighted by atomic mass is 10.2. The molecule has 0 aliphatic carbocycles. The SMILES string of the molecule is CN1CCC(Nc2nnc(Cc3ccc(F)cc3)s2)C1=O. The second-order valence-electron chi connectivity index (χ2n) is 5.05. The van der Waals surface area contributed by atoms with E-state index in [1.807, 2.05) is 0 Å². The Morgan fingerprint density at radius 2 is 2.14 bits per heavy atom. The first-order chi connectivity index (χ1) is 10.1. The molecule has 0 spiro atoms. The Morgan fingerprint density at radius 3 is 2.81 bits per heavy atom. The van der Waals surface area contributed by atoms with Crippen molar-refractivity contribution in [2.24, 2.45) is 0 Å². The zero-order valence-corrected chi connectivity index (χ0v) is 12.4. The van der Waals surface area contributed by atoms with E-state index in [2.05, 4.69) is 15.5 Å². The zero-order chi connectivity index (χ0) is 14.8. The molecular weight excluding hydrogens is 291 g/mol. The van der Waals surface area contributed by atoms with Crippen molar-refractivity contribution >= 4 is 22.4 Å². The fourth-order valence-electron chi connectivity index (χ4n) is 2.27. The molecule has 1 atom stereocenters. The van der Waals surface area contributed by atoms with Crippen LogP contribution in [0, 0.1) is 5.82 Å². The van der Waals surface area contributed by atoms with Gasteiger partial charge in [-0.3, -0.25) is 4.79 Å². The van der Waals surface area contributed by atoms with Crippen LogP contribution in [0.5, 0.6) is 0 Å². The summed E-state index contributed by atoms with van der Waals surface area (Å²) in [6, 6.07) is 6.13. The van der Waals surface area contributed by atoms with Gasteiger partial charge in [-0.15, -0.1) is 10.2 Å². The summed E-state index contributed by atoms with van der Waals surface area (Å²) in [5, 5.41) is 12.8. The van der Waals surface area contributed by atoms with Crippen molar-refractivity contribution in [3.05, 3.63) is 40.7 Å². The third kappa shape index (κ3) is 3.18. The first-order valence-electron chi connectivity index (χ1n) is 6.70. The summed E-state index contributed by atoms with van der Waals surface area (Å²) in [5.74, 6) is -0.160. The van der Waals surface area contributed by atoms with Gasteiger partial charge in [0.1, 0.15) is 16.9 Å². The van der Waals surface area contributed by atoms with Crippen molar-refractivity contribution in [3.8, 4) is 0 Å². The molecule has 1 aliphatic rings. The van der Waals surface area contributed by atoms with E-state index in [-0.39, 0.29) is 17.8 Å². The highest BCUT2D eigenvalue weighted by Gasteiger charge is 2.29. The molecule has 2 heterocycles. The number of hydrogen-bond acceptors (Lipinski definition) is 5. The number of carbonyl (C=O) groups is 1. The molecule has 2 aromatic rings. The van der Waals surface area contributed by atoms with E-state index in [1.165, 1.54) is 23.5 Å². The molecule has 0 saturated carbocycles. The number of rotatable bonds is 4. The van der Waals surface area contributed by atoms with E-state index in [0.29, 0.717) is 11.6 Å². The smallest absolute Gasteiger partial charge is 0.244 e. The molecule has 5 nitrogen and oxygen atoms in total. The Bertz CT molecular complexity index is 643. The predicted octanol–water partition coefficient (Wildman–Crippen LogP) is 1.91. The first kappa shape index (κ1) is 13.9. The fourth-order valence-corrected chi connectivity index (χ4v) is 3.09. The predicted molar refractivity (Wildman–Crippen MR) is 78.8 cm³/mol. The average Bonchev–Trinajstić information content (AvgIpc) is 3.03. The molecule has 1 N–H and O–H groups in total. The van der Waals surface area contributed by atoms with Gasteiger partial charge in [0.2, 0.25) is 11.0 Å². The van der Waals surface area contributed by atoms with Crippen LogP contribution >= 0.6 is 11.3 Å². The zero-order valence-electron chi connectivity index (χ0n) is 11.5. The largest absolute Gasteiger partial charge is 0.348 e. The lowest BCUT2D eigenvalue weighted by Gasteiger charge is -2.10. The number of nitrogens with one attached hydrogen (secondary N) is 1. The number of anilines is 1. The molecule has 1 fully saturated rings. The summed E-state index contributed by atoms with van der Waals surface area (Å²) in [6.45, 7) is 0.762. The van der Waals surface area contributed by atoms with Crippen molar-refractivity contribution in [2.45, 2.75) is 18.9 Å². The van der Waals surface area contributed by atoms with Gasteiger partial charge in [0.15, 0.2) is 0 Å². The summed E-state index contributed by atoms with van der Waals surface area (Å²) >= 11 is 1.42. The second-order valence-corrected chi connectivity index (χ2v) is 6.11. The van der Waals surface area contributed by atoms with Gasteiger partial charge < -0.3 is 10.2 Å². The highest BCUT2D eigenvalue weighted by atomic mass is 32.1. The summed E-state index contributed by atoms with van der Waals surface area (Å²) in [4.78, 5) is 13.5. The Balaban J connectivity index is 1.63. The summed E-state index contributed by atoms with van der Waals surface area (Å²) < 4.78 is 12.9. The number of hydrogen-bond donors (Lipinski definition) is 1. The van der Waals surface area contributed by atoms with Crippen LogP contribution < -0.4 is 5.32 Å². The molecule has 1 aromatic carbocycles. The van der Waals surface area contributed by atoms with Crippen LogP contribution in [0.15, 0.2) is 24.3 Å². The number of halogens is 1. The average molecular weight is 306 g/mol. The molecule has 110 valence electrons. The van der Waals surface area contributed by atoms with Crippen LogP contribution in [0.25, 0.3) is 0 Å². The first-order valence-corrected chi connectivity index (χ1v) is 7.52. The molecule has 7 heteroatoms. The molecule has 0 bridgehead atoms. The second kappa shape index (κ2) is 5.77. The summed E-state index contributed by atoms with van der Waals surface area (Å²) in [5.41, 5.74) is 0.982. The molecule has 1 amide bonds. The van der Waals surface area contributed by atoms with Crippen LogP contribution in [-0.4, -0.2) is 40.6 Å².